The second-order valence-corrected chi connectivity index (χ2v) is 10.0. The number of ketones is 1. The van der Waals surface area contributed by atoms with Gasteiger partial charge in [-0.15, -0.1) is 0 Å². The quantitative estimate of drug-likeness (QED) is 0.343. The molecule has 176 valence electrons. The number of rotatable bonds is 8. The van der Waals surface area contributed by atoms with Crippen molar-refractivity contribution in [1.82, 2.24) is 9.55 Å². The number of aromatic nitrogens is 2. The minimum Gasteiger partial charge on any atom is -0.320 e. The summed E-state index contributed by atoms with van der Waals surface area (Å²) >= 11 is 6.51. The second kappa shape index (κ2) is 10.1. The average molecular weight is 475 g/mol. The standard InChI is InChI=1S/C28H31ClN4O/c1-5-6-11-24-32-27(29)25(26(34)28(2,3)4)33(24)17-19-12-14-20(15-13-19)21-9-7-8-10-22(21)23-16-30-18-31-23/h7-10,12-16H,5-6,11,17-18H2,1-4H3. The molecule has 0 radical (unpaired) electrons. The number of aryl methyl sites for hydroxylation is 1. The van der Waals surface area contributed by atoms with Crippen LogP contribution in [-0.4, -0.2) is 33.9 Å². The van der Waals surface area contributed by atoms with Crippen LogP contribution >= 0.6 is 11.6 Å². The lowest BCUT2D eigenvalue weighted by atomic mass is 9.89. The molecule has 5 nitrogen and oxygen atoms in total. The maximum atomic E-state index is 13.2. The molecule has 0 unspecified atom stereocenters. The monoisotopic (exact) mass is 474 g/mol. The molecule has 0 bridgehead atoms. The number of Topliss-reactive ketones (excluding diaryl/α,β-unsaturated/α-hetero) is 1. The summed E-state index contributed by atoms with van der Waals surface area (Å²) in [6.07, 6.45) is 4.68. The van der Waals surface area contributed by atoms with Crippen molar-refractivity contribution in [1.29, 1.82) is 0 Å². The third kappa shape index (κ3) is 5.05. The van der Waals surface area contributed by atoms with Crippen molar-refractivity contribution >= 4 is 29.3 Å². The van der Waals surface area contributed by atoms with Gasteiger partial charge in [0.25, 0.3) is 0 Å². The minimum absolute atomic E-state index is 0.0114. The van der Waals surface area contributed by atoms with E-state index < -0.39 is 5.41 Å². The Balaban J connectivity index is 1.67. The lowest BCUT2D eigenvalue weighted by Crippen LogP contribution is -2.24. The molecule has 1 aromatic heterocycles. The van der Waals surface area contributed by atoms with Gasteiger partial charge < -0.3 is 4.57 Å². The van der Waals surface area contributed by atoms with Crippen molar-refractivity contribution in [2.45, 2.75) is 53.5 Å². The van der Waals surface area contributed by atoms with E-state index in [0.717, 1.165) is 53.1 Å². The lowest BCUT2D eigenvalue weighted by molar-refractivity contribution is 0.0848. The van der Waals surface area contributed by atoms with Gasteiger partial charge in [0.05, 0.1) is 5.71 Å². The van der Waals surface area contributed by atoms with E-state index in [4.69, 9.17) is 11.6 Å². The Hall–Kier alpha value is -3.05. The highest BCUT2D eigenvalue weighted by molar-refractivity contribution is 6.40. The largest absolute Gasteiger partial charge is 0.320 e. The van der Waals surface area contributed by atoms with Gasteiger partial charge >= 0.3 is 0 Å². The van der Waals surface area contributed by atoms with Crippen molar-refractivity contribution < 1.29 is 4.79 Å². The number of imidazole rings is 1. The van der Waals surface area contributed by atoms with E-state index >= 15 is 0 Å². The third-order valence-electron chi connectivity index (χ3n) is 6.00. The minimum atomic E-state index is -0.538. The van der Waals surface area contributed by atoms with Crippen LogP contribution in [0, 0.1) is 5.41 Å². The summed E-state index contributed by atoms with van der Waals surface area (Å²) in [6, 6.07) is 16.7. The Morgan fingerprint density at radius 3 is 2.38 bits per heavy atom. The van der Waals surface area contributed by atoms with E-state index in [0.29, 0.717) is 24.1 Å². The fraction of sp³-hybridized carbons (Fsp3) is 0.357. The Morgan fingerprint density at radius 2 is 1.76 bits per heavy atom. The molecule has 4 rings (SSSR count). The zero-order chi connectivity index (χ0) is 24.3. The van der Waals surface area contributed by atoms with E-state index in [2.05, 4.69) is 58.3 Å². The predicted molar refractivity (Wildman–Crippen MR) is 141 cm³/mol. The van der Waals surface area contributed by atoms with E-state index in [1.807, 2.05) is 43.7 Å². The highest BCUT2D eigenvalue weighted by Gasteiger charge is 2.30. The van der Waals surface area contributed by atoms with Gasteiger partial charge in [-0.25, -0.2) is 4.98 Å². The second-order valence-electron chi connectivity index (χ2n) is 9.68. The summed E-state index contributed by atoms with van der Waals surface area (Å²) in [5.74, 6) is 0.879. The Morgan fingerprint density at radius 1 is 1.06 bits per heavy atom. The van der Waals surface area contributed by atoms with E-state index in [1.54, 1.807) is 0 Å². The normalized spacial score (nSPS) is 13.4. The first kappa shape index (κ1) is 24.1. The molecule has 0 atom stereocenters. The van der Waals surface area contributed by atoms with Gasteiger partial charge in [0.2, 0.25) is 0 Å². The van der Waals surface area contributed by atoms with Gasteiger partial charge in [-0.05, 0) is 23.1 Å². The van der Waals surface area contributed by atoms with Gasteiger partial charge in [0.15, 0.2) is 10.9 Å². The maximum absolute atomic E-state index is 13.2. The first-order valence-electron chi connectivity index (χ1n) is 11.8. The van der Waals surface area contributed by atoms with E-state index in [9.17, 15) is 4.79 Å². The molecule has 34 heavy (non-hydrogen) atoms. The summed E-state index contributed by atoms with van der Waals surface area (Å²) in [5.41, 5.74) is 5.30. The van der Waals surface area contributed by atoms with Crippen LogP contribution in [0.1, 0.15) is 68.0 Å². The first-order valence-corrected chi connectivity index (χ1v) is 12.2. The van der Waals surface area contributed by atoms with Crippen molar-refractivity contribution in [2.24, 2.45) is 15.4 Å². The zero-order valence-electron chi connectivity index (χ0n) is 20.3. The molecular weight excluding hydrogens is 444 g/mol. The van der Waals surface area contributed by atoms with Crippen LogP contribution in [0.2, 0.25) is 5.15 Å². The number of hydrogen-bond donors (Lipinski definition) is 0. The zero-order valence-corrected chi connectivity index (χ0v) is 21.1. The number of benzene rings is 2. The molecule has 0 fully saturated rings. The topological polar surface area (TPSA) is 59.6 Å². The van der Waals surface area contributed by atoms with Gasteiger partial charge in [-0.3, -0.25) is 14.8 Å². The molecule has 0 aliphatic carbocycles. The van der Waals surface area contributed by atoms with Crippen molar-refractivity contribution in [3.8, 4) is 11.1 Å². The number of carbonyl (C=O) groups is 1. The third-order valence-corrected chi connectivity index (χ3v) is 6.26. The number of hydrogen-bond acceptors (Lipinski definition) is 4. The molecule has 0 saturated carbocycles. The summed E-state index contributed by atoms with van der Waals surface area (Å²) in [5, 5.41) is 0.301. The number of nitrogens with zero attached hydrogens (tertiary/aromatic N) is 4. The first-order chi connectivity index (χ1) is 16.3. The molecule has 0 spiro atoms. The van der Waals surface area contributed by atoms with E-state index in [1.165, 1.54) is 0 Å². The fourth-order valence-electron chi connectivity index (χ4n) is 4.10. The lowest BCUT2D eigenvalue weighted by Gasteiger charge is -2.19. The average Bonchev–Trinajstić information content (AvgIpc) is 3.45. The smallest absolute Gasteiger partial charge is 0.187 e. The molecule has 3 aromatic rings. The van der Waals surface area contributed by atoms with Crippen LogP contribution in [0.3, 0.4) is 0 Å². The van der Waals surface area contributed by atoms with E-state index in [-0.39, 0.29) is 5.78 Å². The van der Waals surface area contributed by atoms with Crippen LogP contribution in [-0.2, 0) is 13.0 Å². The van der Waals surface area contributed by atoms with Crippen molar-refractivity contribution in [3.63, 3.8) is 0 Å². The summed E-state index contributed by atoms with van der Waals surface area (Å²) in [6.45, 7) is 8.94. The Kier molecular flexibility index (Phi) is 7.13. The summed E-state index contributed by atoms with van der Waals surface area (Å²) in [4.78, 5) is 26.5. The van der Waals surface area contributed by atoms with Crippen molar-refractivity contribution in [2.75, 3.05) is 6.67 Å². The molecule has 0 N–H and O–H groups in total. The highest BCUT2D eigenvalue weighted by atomic mass is 35.5. The van der Waals surface area contributed by atoms with Crippen LogP contribution < -0.4 is 0 Å². The molecule has 6 heteroatoms. The van der Waals surface area contributed by atoms with Crippen LogP contribution in [0.25, 0.3) is 11.1 Å². The molecule has 2 heterocycles. The molecule has 0 saturated heterocycles. The molecule has 0 amide bonds. The number of carbonyl (C=O) groups excluding carboxylic acids is 1. The van der Waals surface area contributed by atoms with Gasteiger partial charge in [0.1, 0.15) is 18.2 Å². The summed E-state index contributed by atoms with van der Waals surface area (Å²) < 4.78 is 2.01. The Bertz CT molecular complexity index is 1250. The Labute approximate surface area is 206 Å². The van der Waals surface area contributed by atoms with Gasteiger partial charge in [-0.1, -0.05) is 94.2 Å². The molecule has 1 aliphatic rings. The van der Waals surface area contributed by atoms with Gasteiger partial charge in [-0.2, -0.15) is 0 Å². The molecule has 1 aliphatic heterocycles. The van der Waals surface area contributed by atoms with Crippen LogP contribution in [0.4, 0.5) is 0 Å². The van der Waals surface area contributed by atoms with Crippen molar-refractivity contribution in [3.05, 3.63) is 76.3 Å². The predicted octanol–water partition coefficient (Wildman–Crippen LogP) is 6.65. The maximum Gasteiger partial charge on any atom is 0.187 e. The van der Waals surface area contributed by atoms with Crippen LogP contribution in [0.15, 0.2) is 58.5 Å². The number of unbranched alkanes of at least 4 members (excludes halogenated alkanes) is 1. The van der Waals surface area contributed by atoms with Gasteiger partial charge in [0, 0.05) is 30.2 Å². The fourth-order valence-corrected chi connectivity index (χ4v) is 4.39. The number of halogens is 1. The SMILES string of the molecule is CCCCc1nc(Cl)c(C(=O)C(C)(C)C)n1Cc1ccc(-c2ccccc2C2=NCN=C2)cc1. The van der Waals surface area contributed by atoms with Crippen LogP contribution in [0.5, 0.6) is 0 Å². The molecule has 2 aromatic carbocycles. The number of aliphatic imine (C=N–C) groups is 2. The highest BCUT2D eigenvalue weighted by Crippen LogP contribution is 2.29. The summed E-state index contributed by atoms with van der Waals surface area (Å²) in [7, 11) is 0. The molecular formula is C28H31ClN4O.